The zero-order valence-electron chi connectivity index (χ0n) is 7.91. The second kappa shape index (κ2) is 4.04. The van der Waals surface area contributed by atoms with Crippen LogP contribution in [-0.4, -0.2) is 29.4 Å². The summed E-state index contributed by atoms with van der Waals surface area (Å²) in [5.74, 6) is -1.20. The lowest BCUT2D eigenvalue weighted by atomic mass is 10.4. The molecule has 0 unspecified atom stereocenters. The number of rotatable bonds is 3. The molecule has 1 aliphatic rings. The maximum Gasteiger partial charge on any atom is 0.334 e. The van der Waals surface area contributed by atoms with Gasteiger partial charge in [0.15, 0.2) is 6.73 Å². The standard InChI is InChI=1S/C9H11NO4/c1-6(2)9(13)14-5-10-7(11)3-4-8(10)12/h1,3-5H2,2H3. The molecular weight excluding hydrogens is 186 g/mol. The van der Waals surface area contributed by atoms with E-state index in [1.54, 1.807) is 0 Å². The van der Waals surface area contributed by atoms with Crippen LogP contribution in [0.4, 0.5) is 0 Å². The molecule has 5 nitrogen and oxygen atoms in total. The van der Waals surface area contributed by atoms with Crippen LogP contribution < -0.4 is 0 Å². The van der Waals surface area contributed by atoms with E-state index in [0.29, 0.717) is 0 Å². The number of nitrogens with zero attached hydrogens (tertiary/aromatic N) is 1. The maximum atomic E-state index is 11.1. The van der Waals surface area contributed by atoms with Crippen molar-refractivity contribution < 1.29 is 19.1 Å². The third-order valence-corrected chi connectivity index (χ3v) is 1.83. The number of imide groups is 1. The Morgan fingerprint density at radius 2 is 1.93 bits per heavy atom. The van der Waals surface area contributed by atoms with Gasteiger partial charge in [-0.2, -0.15) is 0 Å². The number of hydrogen-bond donors (Lipinski definition) is 0. The summed E-state index contributed by atoms with van der Waals surface area (Å²) in [6, 6.07) is 0. The molecule has 0 saturated carbocycles. The Labute approximate surface area is 81.3 Å². The molecule has 0 aromatic carbocycles. The Balaban J connectivity index is 2.45. The molecule has 2 amide bonds. The van der Waals surface area contributed by atoms with Crippen LogP contribution in [0, 0.1) is 0 Å². The summed E-state index contributed by atoms with van der Waals surface area (Å²) in [6.07, 6.45) is 0.396. The molecule has 0 radical (unpaired) electrons. The van der Waals surface area contributed by atoms with E-state index in [4.69, 9.17) is 0 Å². The SMILES string of the molecule is C=C(C)C(=O)OCN1C(=O)CCC1=O. The van der Waals surface area contributed by atoms with Crippen LogP contribution in [0.3, 0.4) is 0 Å². The van der Waals surface area contributed by atoms with Gasteiger partial charge in [0.2, 0.25) is 11.8 Å². The number of carbonyl (C=O) groups is 3. The molecule has 0 bridgehead atoms. The van der Waals surface area contributed by atoms with Crippen molar-refractivity contribution in [2.24, 2.45) is 0 Å². The van der Waals surface area contributed by atoms with Crippen LogP contribution in [0.1, 0.15) is 19.8 Å². The molecule has 0 atom stereocenters. The molecular formula is C9H11NO4. The molecule has 5 heteroatoms. The van der Waals surface area contributed by atoms with Gasteiger partial charge in [0.1, 0.15) is 0 Å². The molecule has 1 aliphatic heterocycles. The van der Waals surface area contributed by atoms with Crippen LogP contribution in [0.5, 0.6) is 0 Å². The Morgan fingerprint density at radius 1 is 1.43 bits per heavy atom. The van der Waals surface area contributed by atoms with Gasteiger partial charge in [0.25, 0.3) is 0 Å². The number of ether oxygens (including phenoxy) is 1. The van der Waals surface area contributed by atoms with Crippen molar-refractivity contribution in [1.29, 1.82) is 0 Å². The largest absolute Gasteiger partial charge is 0.440 e. The van der Waals surface area contributed by atoms with E-state index in [0.717, 1.165) is 4.90 Å². The van der Waals surface area contributed by atoms with E-state index in [1.165, 1.54) is 6.92 Å². The number of amides is 2. The monoisotopic (exact) mass is 197 g/mol. The fraction of sp³-hybridized carbons (Fsp3) is 0.444. The van der Waals surface area contributed by atoms with Gasteiger partial charge in [-0.15, -0.1) is 0 Å². The molecule has 0 aliphatic carbocycles. The highest BCUT2D eigenvalue weighted by molar-refractivity contribution is 6.02. The van der Waals surface area contributed by atoms with E-state index < -0.39 is 5.97 Å². The number of carbonyl (C=O) groups excluding carboxylic acids is 3. The van der Waals surface area contributed by atoms with Crippen LogP contribution in [-0.2, 0) is 19.1 Å². The van der Waals surface area contributed by atoms with Gasteiger partial charge in [-0.3, -0.25) is 9.59 Å². The summed E-state index contributed by atoms with van der Waals surface area (Å²) in [6.45, 7) is 4.57. The van der Waals surface area contributed by atoms with Gasteiger partial charge in [-0.05, 0) is 6.92 Å². The summed E-state index contributed by atoms with van der Waals surface area (Å²) < 4.78 is 4.67. The molecule has 1 rings (SSSR count). The first kappa shape index (κ1) is 10.4. The van der Waals surface area contributed by atoms with Crippen molar-refractivity contribution in [1.82, 2.24) is 4.90 Å². The average Bonchev–Trinajstić information content (AvgIpc) is 2.43. The predicted molar refractivity (Wildman–Crippen MR) is 46.9 cm³/mol. The van der Waals surface area contributed by atoms with Gasteiger partial charge < -0.3 is 4.74 Å². The second-order valence-corrected chi connectivity index (χ2v) is 3.06. The highest BCUT2D eigenvalue weighted by Crippen LogP contribution is 2.11. The lowest BCUT2D eigenvalue weighted by Gasteiger charge is -2.13. The van der Waals surface area contributed by atoms with Crippen molar-refractivity contribution in [2.75, 3.05) is 6.73 Å². The van der Waals surface area contributed by atoms with E-state index >= 15 is 0 Å². The van der Waals surface area contributed by atoms with Gasteiger partial charge in [-0.1, -0.05) is 6.58 Å². The van der Waals surface area contributed by atoms with E-state index in [9.17, 15) is 14.4 Å². The highest BCUT2D eigenvalue weighted by Gasteiger charge is 2.29. The zero-order valence-corrected chi connectivity index (χ0v) is 7.91. The van der Waals surface area contributed by atoms with Crippen molar-refractivity contribution in [3.63, 3.8) is 0 Å². The minimum Gasteiger partial charge on any atom is -0.440 e. The van der Waals surface area contributed by atoms with E-state index in [1.807, 2.05) is 0 Å². The Hall–Kier alpha value is -1.65. The molecule has 14 heavy (non-hydrogen) atoms. The van der Waals surface area contributed by atoms with Crippen LogP contribution >= 0.6 is 0 Å². The van der Waals surface area contributed by atoms with Crippen LogP contribution in [0.25, 0.3) is 0 Å². The molecule has 0 aromatic rings. The fourth-order valence-corrected chi connectivity index (χ4v) is 1.01. The zero-order chi connectivity index (χ0) is 10.7. The first-order valence-corrected chi connectivity index (χ1v) is 4.18. The minimum absolute atomic E-state index is 0.198. The lowest BCUT2D eigenvalue weighted by Crippen LogP contribution is -2.32. The molecule has 0 aromatic heterocycles. The number of esters is 1. The topological polar surface area (TPSA) is 63.7 Å². The van der Waals surface area contributed by atoms with Gasteiger partial charge in [0, 0.05) is 18.4 Å². The Bertz CT molecular complexity index is 292. The van der Waals surface area contributed by atoms with Crippen LogP contribution in [0.15, 0.2) is 12.2 Å². The molecule has 1 heterocycles. The quantitative estimate of drug-likeness (QED) is 0.368. The summed E-state index contributed by atoms with van der Waals surface area (Å²) in [4.78, 5) is 34.0. The fourth-order valence-electron chi connectivity index (χ4n) is 1.01. The summed E-state index contributed by atoms with van der Waals surface area (Å²) >= 11 is 0. The first-order chi connectivity index (χ1) is 6.52. The van der Waals surface area contributed by atoms with Crippen molar-refractivity contribution >= 4 is 17.8 Å². The van der Waals surface area contributed by atoms with Gasteiger partial charge in [-0.25, -0.2) is 9.69 Å². The molecule has 76 valence electrons. The predicted octanol–water partition coefficient (Wildman–Crippen LogP) is 0.212. The Morgan fingerprint density at radius 3 is 2.36 bits per heavy atom. The van der Waals surface area contributed by atoms with Crippen molar-refractivity contribution in [3.05, 3.63) is 12.2 Å². The molecule has 1 saturated heterocycles. The number of hydrogen-bond acceptors (Lipinski definition) is 4. The molecule has 0 spiro atoms. The summed E-state index contributed by atoms with van der Waals surface area (Å²) in [7, 11) is 0. The molecule has 0 N–H and O–H groups in total. The van der Waals surface area contributed by atoms with Crippen LogP contribution in [0.2, 0.25) is 0 Å². The smallest absolute Gasteiger partial charge is 0.334 e. The first-order valence-electron chi connectivity index (χ1n) is 4.18. The van der Waals surface area contributed by atoms with Gasteiger partial charge >= 0.3 is 5.97 Å². The third kappa shape index (κ3) is 2.18. The third-order valence-electron chi connectivity index (χ3n) is 1.83. The number of likely N-dealkylation sites (tertiary alicyclic amines) is 1. The molecule has 1 fully saturated rings. The average molecular weight is 197 g/mol. The second-order valence-electron chi connectivity index (χ2n) is 3.06. The highest BCUT2D eigenvalue weighted by atomic mass is 16.5. The maximum absolute atomic E-state index is 11.1. The normalized spacial score (nSPS) is 15.9. The summed E-state index contributed by atoms with van der Waals surface area (Å²) in [5, 5.41) is 0. The van der Waals surface area contributed by atoms with Crippen molar-refractivity contribution in [3.8, 4) is 0 Å². The summed E-state index contributed by atoms with van der Waals surface area (Å²) in [5.41, 5.74) is 0.240. The van der Waals surface area contributed by atoms with Crippen molar-refractivity contribution in [2.45, 2.75) is 19.8 Å². The van der Waals surface area contributed by atoms with E-state index in [2.05, 4.69) is 11.3 Å². The van der Waals surface area contributed by atoms with Gasteiger partial charge in [0.05, 0.1) is 0 Å². The Kier molecular flexibility index (Phi) is 3.01. The van der Waals surface area contributed by atoms with E-state index in [-0.39, 0.29) is 37.0 Å². The lowest BCUT2D eigenvalue weighted by molar-refractivity contribution is -0.152. The minimum atomic E-state index is -0.600.